The number of rotatable bonds is 5. The van der Waals surface area contributed by atoms with Gasteiger partial charge in [-0.1, -0.05) is 42.5 Å². The highest BCUT2D eigenvalue weighted by Gasteiger charge is 2.36. The number of fused-ring (bicyclic) bond motifs is 1. The second-order valence-electron chi connectivity index (χ2n) is 6.89. The molecule has 0 radical (unpaired) electrons. The summed E-state index contributed by atoms with van der Waals surface area (Å²) in [5.74, 6) is 0.372. The molecule has 1 aliphatic rings. The third-order valence-corrected chi connectivity index (χ3v) is 6.40. The Bertz CT molecular complexity index is 1210. The maximum atomic E-state index is 12.7. The van der Waals surface area contributed by atoms with Crippen LogP contribution in [0.5, 0.6) is 11.5 Å². The summed E-state index contributed by atoms with van der Waals surface area (Å²) in [7, 11) is -0.484. The fourth-order valence-corrected chi connectivity index (χ4v) is 4.83. The molecule has 1 heterocycles. The summed E-state index contributed by atoms with van der Waals surface area (Å²) in [5.41, 5.74) is 3.13. The van der Waals surface area contributed by atoms with E-state index >= 15 is 0 Å². The SMILES string of the molecule is COc1cc(/C=N/N(C)C2NS(=O)(=O)c3cc(-c4ccccc4)ccc32)ccc1O. The maximum Gasteiger partial charge on any atom is 0.243 e. The van der Waals surface area contributed by atoms with Crippen molar-refractivity contribution in [3.05, 3.63) is 77.9 Å². The molecule has 7 nitrogen and oxygen atoms in total. The van der Waals surface area contributed by atoms with Crippen LogP contribution in [0.25, 0.3) is 11.1 Å². The van der Waals surface area contributed by atoms with E-state index in [1.54, 1.807) is 36.5 Å². The number of phenols is 1. The first kappa shape index (κ1) is 19.9. The summed E-state index contributed by atoms with van der Waals surface area (Å²) in [6.07, 6.45) is 0.956. The van der Waals surface area contributed by atoms with Gasteiger partial charge in [-0.3, -0.25) is 5.01 Å². The van der Waals surface area contributed by atoms with Crippen molar-refractivity contribution < 1.29 is 18.3 Å². The normalized spacial score (nSPS) is 17.1. The standard InChI is InChI=1S/C22H21N3O4S/c1-25(23-14-15-8-11-19(26)20(12-15)29-2)22-18-10-9-17(16-6-4-3-5-7-16)13-21(18)30(27,28)24-22/h3-14,22,24,26H,1-2H3/b23-14+. The molecule has 4 rings (SSSR count). The summed E-state index contributed by atoms with van der Waals surface area (Å²) < 4.78 is 33.2. The number of hydrazone groups is 1. The fraction of sp³-hybridized carbons (Fsp3) is 0.136. The first-order valence-electron chi connectivity index (χ1n) is 9.24. The minimum absolute atomic E-state index is 0.0368. The van der Waals surface area contributed by atoms with Gasteiger partial charge in [0.1, 0.15) is 6.17 Å². The van der Waals surface area contributed by atoms with Crippen LogP contribution in [0, 0.1) is 0 Å². The van der Waals surface area contributed by atoms with Gasteiger partial charge in [-0.2, -0.15) is 9.82 Å². The van der Waals surface area contributed by atoms with Gasteiger partial charge >= 0.3 is 0 Å². The van der Waals surface area contributed by atoms with Crippen LogP contribution in [-0.4, -0.2) is 38.9 Å². The number of benzene rings is 3. The Labute approximate surface area is 175 Å². The van der Waals surface area contributed by atoms with Crippen molar-refractivity contribution in [2.24, 2.45) is 5.10 Å². The van der Waals surface area contributed by atoms with Crippen LogP contribution in [-0.2, 0) is 10.0 Å². The van der Waals surface area contributed by atoms with Gasteiger partial charge in [0, 0.05) is 12.6 Å². The molecule has 1 aliphatic heterocycles. The zero-order chi connectivity index (χ0) is 21.3. The van der Waals surface area contributed by atoms with Crippen molar-refractivity contribution in [1.82, 2.24) is 9.73 Å². The van der Waals surface area contributed by atoms with Crippen molar-refractivity contribution >= 4 is 16.2 Å². The Balaban J connectivity index is 1.62. The lowest BCUT2D eigenvalue weighted by Crippen LogP contribution is -2.30. The summed E-state index contributed by atoms with van der Waals surface area (Å²) in [5, 5.41) is 15.6. The molecule has 1 unspecified atom stereocenters. The molecule has 0 aliphatic carbocycles. The number of methoxy groups -OCH3 is 1. The molecule has 0 saturated heterocycles. The lowest BCUT2D eigenvalue weighted by Gasteiger charge is -2.21. The number of hydrogen-bond donors (Lipinski definition) is 2. The highest BCUT2D eigenvalue weighted by molar-refractivity contribution is 7.89. The van der Waals surface area contributed by atoms with Crippen LogP contribution in [0.15, 0.2) is 76.7 Å². The first-order valence-corrected chi connectivity index (χ1v) is 10.7. The molecule has 8 heteroatoms. The molecule has 154 valence electrons. The van der Waals surface area contributed by atoms with Crippen molar-refractivity contribution in [2.45, 2.75) is 11.1 Å². The van der Waals surface area contributed by atoms with E-state index in [0.29, 0.717) is 16.9 Å². The summed E-state index contributed by atoms with van der Waals surface area (Å²) >= 11 is 0. The smallest absolute Gasteiger partial charge is 0.243 e. The Morgan fingerprint density at radius 2 is 1.83 bits per heavy atom. The summed E-state index contributed by atoms with van der Waals surface area (Å²) in [6, 6.07) is 19.9. The number of hydrogen-bond acceptors (Lipinski definition) is 6. The Morgan fingerprint density at radius 3 is 2.57 bits per heavy atom. The molecule has 3 aromatic rings. The van der Waals surface area contributed by atoms with Crippen LogP contribution >= 0.6 is 0 Å². The molecule has 0 bridgehead atoms. The molecule has 2 N–H and O–H groups in total. The number of aromatic hydroxyl groups is 1. The van der Waals surface area contributed by atoms with Gasteiger partial charge in [0.05, 0.1) is 18.2 Å². The lowest BCUT2D eigenvalue weighted by atomic mass is 10.0. The maximum absolute atomic E-state index is 12.7. The van der Waals surface area contributed by atoms with E-state index in [0.717, 1.165) is 11.1 Å². The molecule has 0 saturated carbocycles. The van der Waals surface area contributed by atoms with Gasteiger partial charge < -0.3 is 9.84 Å². The zero-order valence-electron chi connectivity index (χ0n) is 16.5. The Kier molecular flexibility index (Phi) is 5.19. The number of phenolic OH excluding ortho intramolecular Hbond substituents is 1. The largest absolute Gasteiger partial charge is 0.504 e. The predicted molar refractivity (Wildman–Crippen MR) is 115 cm³/mol. The van der Waals surface area contributed by atoms with Crippen LogP contribution in [0.1, 0.15) is 17.3 Å². The number of nitrogens with zero attached hydrogens (tertiary/aromatic N) is 2. The van der Waals surface area contributed by atoms with Crippen LogP contribution in [0.4, 0.5) is 0 Å². The van der Waals surface area contributed by atoms with E-state index in [1.807, 2.05) is 42.5 Å². The van der Waals surface area contributed by atoms with Gasteiger partial charge in [-0.15, -0.1) is 0 Å². The zero-order valence-corrected chi connectivity index (χ0v) is 17.3. The molecular weight excluding hydrogens is 402 g/mol. The van der Waals surface area contributed by atoms with E-state index in [9.17, 15) is 13.5 Å². The molecule has 0 fully saturated rings. The van der Waals surface area contributed by atoms with E-state index < -0.39 is 16.2 Å². The fourth-order valence-electron chi connectivity index (χ4n) is 3.35. The Hall–Kier alpha value is -3.36. The molecule has 30 heavy (non-hydrogen) atoms. The third-order valence-electron chi connectivity index (χ3n) is 4.94. The van der Waals surface area contributed by atoms with Crippen molar-refractivity contribution in [1.29, 1.82) is 0 Å². The monoisotopic (exact) mass is 423 g/mol. The first-order chi connectivity index (χ1) is 14.4. The number of ether oxygens (including phenoxy) is 1. The molecular formula is C22H21N3O4S. The molecule has 1 atom stereocenters. The van der Waals surface area contributed by atoms with Crippen molar-refractivity contribution in [3.63, 3.8) is 0 Å². The Morgan fingerprint density at radius 1 is 1.07 bits per heavy atom. The quantitative estimate of drug-likeness (QED) is 0.485. The van der Waals surface area contributed by atoms with Crippen molar-refractivity contribution in [2.75, 3.05) is 14.2 Å². The molecule has 0 aromatic heterocycles. The third kappa shape index (κ3) is 3.74. The number of nitrogens with one attached hydrogen (secondary N) is 1. The van der Waals surface area contributed by atoms with Gasteiger partial charge in [-0.25, -0.2) is 8.42 Å². The van der Waals surface area contributed by atoms with Crippen molar-refractivity contribution in [3.8, 4) is 22.6 Å². The molecule has 0 spiro atoms. The molecule has 3 aromatic carbocycles. The minimum Gasteiger partial charge on any atom is -0.504 e. The average Bonchev–Trinajstić information content (AvgIpc) is 3.04. The number of sulfonamides is 1. The highest BCUT2D eigenvalue weighted by Crippen LogP contribution is 2.35. The van der Waals surface area contributed by atoms with E-state index in [1.165, 1.54) is 13.2 Å². The van der Waals surface area contributed by atoms with E-state index in [4.69, 9.17) is 4.74 Å². The highest BCUT2D eigenvalue weighted by atomic mass is 32.2. The van der Waals surface area contributed by atoms with Gasteiger partial charge in [-0.05, 0) is 41.0 Å². The topological polar surface area (TPSA) is 91.2 Å². The average molecular weight is 423 g/mol. The van der Waals surface area contributed by atoms with Gasteiger partial charge in [0.25, 0.3) is 0 Å². The second-order valence-corrected chi connectivity index (χ2v) is 8.57. The van der Waals surface area contributed by atoms with Gasteiger partial charge in [0.2, 0.25) is 10.0 Å². The second kappa shape index (κ2) is 7.81. The van der Waals surface area contributed by atoms with E-state index in [-0.39, 0.29) is 10.6 Å². The molecule has 0 amide bonds. The summed E-state index contributed by atoms with van der Waals surface area (Å²) in [4.78, 5) is 0.252. The summed E-state index contributed by atoms with van der Waals surface area (Å²) in [6.45, 7) is 0. The van der Waals surface area contributed by atoms with Gasteiger partial charge in [0.15, 0.2) is 11.5 Å². The van der Waals surface area contributed by atoms with Crippen LogP contribution < -0.4 is 9.46 Å². The van der Waals surface area contributed by atoms with Crippen LogP contribution in [0.3, 0.4) is 0 Å². The minimum atomic E-state index is -3.65. The predicted octanol–water partition coefficient (Wildman–Crippen LogP) is 3.32. The lowest BCUT2D eigenvalue weighted by molar-refractivity contribution is 0.249. The van der Waals surface area contributed by atoms with E-state index in [2.05, 4.69) is 9.82 Å². The van der Waals surface area contributed by atoms with Crippen LogP contribution in [0.2, 0.25) is 0 Å².